The molecular weight excluding hydrogens is 398 g/mol. The molecule has 166 valence electrons. The van der Waals surface area contributed by atoms with Crippen LogP contribution in [0, 0.1) is 0 Å². The van der Waals surface area contributed by atoms with Crippen LogP contribution >= 0.6 is 0 Å². The molecule has 0 radical (unpaired) electrons. The van der Waals surface area contributed by atoms with Crippen molar-refractivity contribution in [3.05, 3.63) is 59.7 Å². The third-order valence-corrected chi connectivity index (χ3v) is 4.61. The zero-order valence-electron chi connectivity index (χ0n) is 18.6. The van der Waals surface area contributed by atoms with Gasteiger partial charge in [0.2, 0.25) is 0 Å². The standard InChI is InChI=1S/C24H29NO6/c1-17(2)25(15-18-9-7-6-8-10-18)23(26)16-31-24(27)12-11-19-13-21(29-4)22(30-5)14-20(19)28-3/h6-14,17H,15-16H2,1-5H3/b12-11+. The summed E-state index contributed by atoms with van der Waals surface area (Å²) in [6, 6.07) is 13.0. The molecule has 0 aromatic heterocycles. The van der Waals surface area contributed by atoms with Crippen molar-refractivity contribution in [2.45, 2.75) is 26.4 Å². The number of hydrogen-bond acceptors (Lipinski definition) is 6. The minimum atomic E-state index is -0.631. The molecule has 0 aliphatic carbocycles. The third kappa shape index (κ3) is 6.77. The van der Waals surface area contributed by atoms with Crippen molar-refractivity contribution in [1.82, 2.24) is 4.90 Å². The lowest BCUT2D eigenvalue weighted by Gasteiger charge is -2.26. The van der Waals surface area contributed by atoms with Gasteiger partial charge in [-0.3, -0.25) is 4.79 Å². The number of rotatable bonds is 10. The highest BCUT2D eigenvalue weighted by Crippen LogP contribution is 2.35. The number of benzene rings is 2. The highest BCUT2D eigenvalue weighted by atomic mass is 16.5. The SMILES string of the molecule is COc1cc(OC)c(OC)cc1/C=C/C(=O)OCC(=O)N(Cc1ccccc1)C(C)C. The molecule has 0 heterocycles. The van der Waals surface area contributed by atoms with E-state index in [4.69, 9.17) is 18.9 Å². The van der Waals surface area contributed by atoms with Crippen LogP contribution in [0.2, 0.25) is 0 Å². The maximum Gasteiger partial charge on any atom is 0.331 e. The van der Waals surface area contributed by atoms with E-state index in [-0.39, 0.29) is 18.6 Å². The number of methoxy groups -OCH3 is 3. The molecular formula is C24H29NO6. The summed E-state index contributed by atoms with van der Waals surface area (Å²) in [5.41, 5.74) is 1.62. The predicted octanol–water partition coefficient (Wildman–Crippen LogP) is 3.71. The molecule has 7 nitrogen and oxygen atoms in total. The van der Waals surface area contributed by atoms with E-state index in [0.29, 0.717) is 29.4 Å². The van der Waals surface area contributed by atoms with E-state index in [9.17, 15) is 9.59 Å². The van der Waals surface area contributed by atoms with E-state index in [1.54, 1.807) is 17.0 Å². The Morgan fingerprint density at radius 2 is 1.55 bits per heavy atom. The summed E-state index contributed by atoms with van der Waals surface area (Å²) >= 11 is 0. The van der Waals surface area contributed by atoms with Crippen LogP contribution in [0.5, 0.6) is 17.2 Å². The van der Waals surface area contributed by atoms with Crippen molar-refractivity contribution >= 4 is 18.0 Å². The number of nitrogens with zero attached hydrogens (tertiary/aromatic N) is 1. The van der Waals surface area contributed by atoms with Gasteiger partial charge in [0.25, 0.3) is 5.91 Å². The van der Waals surface area contributed by atoms with Crippen molar-refractivity contribution < 1.29 is 28.5 Å². The molecule has 0 N–H and O–H groups in total. The van der Waals surface area contributed by atoms with Gasteiger partial charge in [-0.25, -0.2) is 4.79 Å². The van der Waals surface area contributed by atoms with Crippen molar-refractivity contribution in [2.24, 2.45) is 0 Å². The zero-order valence-corrected chi connectivity index (χ0v) is 18.6. The van der Waals surface area contributed by atoms with Gasteiger partial charge in [-0.2, -0.15) is 0 Å². The smallest absolute Gasteiger partial charge is 0.331 e. The lowest BCUT2D eigenvalue weighted by molar-refractivity contribution is -0.149. The van der Waals surface area contributed by atoms with Crippen LogP contribution in [0.15, 0.2) is 48.5 Å². The molecule has 0 unspecified atom stereocenters. The van der Waals surface area contributed by atoms with Crippen molar-refractivity contribution in [2.75, 3.05) is 27.9 Å². The average Bonchev–Trinajstić information content (AvgIpc) is 2.79. The number of hydrogen-bond donors (Lipinski definition) is 0. The molecule has 0 spiro atoms. The maximum absolute atomic E-state index is 12.6. The molecule has 7 heteroatoms. The second-order valence-corrected chi connectivity index (χ2v) is 6.99. The summed E-state index contributed by atoms with van der Waals surface area (Å²) in [7, 11) is 4.57. The van der Waals surface area contributed by atoms with Gasteiger partial charge < -0.3 is 23.8 Å². The van der Waals surface area contributed by atoms with Crippen molar-refractivity contribution in [1.29, 1.82) is 0 Å². The van der Waals surface area contributed by atoms with Gasteiger partial charge in [-0.1, -0.05) is 30.3 Å². The van der Waals surface area contributed by atoms with E-state index in [1.807, 2.05) is 44.2 Å². The fourth-order valence-corrected chi connectivity index (χ4v) is 2.94. The molecule has 0 saturated carbocycles. The quantitative estimate of drug-likeness (QED) is 0.425. The van der Waals surface area contributed by atoms with Crippen LogP contribution in [-0.2, 0) is 20.9 Å². The molecule has 31 heavy (non-hydrogen) atoms. The molecule has 1 amide bonds. The normalized spacial score (nSPS) is 10.8. The fraction of sp³-hybridized carbons (Fsp3) is 0.333. The minimum Gasteiger partial charge on any atom is -0.496 e. The predicted molar refractivity (Wildman–Crippen MR) is 118 cm³/mol. The number of esters is 1. The number of carbonyl (C=O) groups is 2. The number of ether oxygens (including phenoxy) is 4. The molecule has 2 aromatic carbocycles. The lowest BCUT2D eigenvalue weighted by Crippen LogP contribution is -2.39. The Hall–Kier alpha value is -3.48. The van der Waals surface area contributed by atoms with Crippen LogP contribution < -0.4 is 14.2 Å². The summed E-state index contributed by atoms with van der Waals surface area (Å²) in [6.07, 6.45) is 2.78. The van der Waals surface area contributed by atoms with Gasteiger partial charge in [0.15, 0.2) is 18.1 Å². The highest BCUT2D eigenvalue weighted by Gasteiger charge is 2.18. The second-order valence-electron chi connectivity index (χ2n) is 6.99. The van der Waals surface area contributed by atoms with Gasteiger partial charge >= 0.3 is 5.97 Å². The van der Waals surface area contributed by atoms with Crippen LogP contribution in [0.25, 0.3) is 6.08 Å². The van der Waals surface area contributed by atoms with Gasteiger partial charge in [0, 0.05) is 30.3 Å². The summed E-state index contributed by atoms with van der Waals surface area (Å²) in [4.78, 5) is 26.4. The fourth-order valence-electron chi connectivity index (χ4n) is 2.94. The monoisotopic (exact) mass is 427 g/mol. The second kappa shape index (κ2) is 11.6. The molecule has 0 fully saturated rings. The van der Waals surface area contributed by atoms with E-state index < -0.39 is 5.97 Å². The van der Waals surface area contributed by atoms with E-state index in [2.05, 4.69) is 0 Å². The van der Waals surface area contributed by atoms with E-state index in [1.165, 1.54) is 33.5 Å². The Kier molecular flexibility index (Phi) is 8.94. The van der Waals surface area contributed by atoms with Crippen molar-refractivity contribution in [3.63, 3.8) is 0 Å². The van der Waals surface area contributed by atoms with Crippen LogP contribution in [0.3, 0.4) is 0 Å². The summed E-state index contributed by atoms with van der Waals surface area (Å²) in [5.74, 6) is 0.626. The third-order valence-electron chi connectivity index (χ3n) is 4.61. The molecule has 0 atom stereocenters. The first-order valence-electron chi connectivity index (χ1n) is 9.87. The maximum atomic E-state index is 12.6. The van der Waals surface area contributed by atoms with Crippen LogP contribution in [0.4, 0.5) is 0 Å². The Morgan fingerprint density at radius 1 is 0.935 bits per heavy atom. The minimum absolute atomic E-state index is 0.0297. The molecule has 0 saturated heterocycles. The Balaban J connectivity index is 2.02. The first-order chi connectivity index (χ1) is 14.9. The molecule has 0 aliphatic rings. The van der Waals surface area contributed by atoms with E-state index >= 15 is 0 Å². The zero-order chi connectivity index (χ0) is 22.8. The Labute approximate surface area is 183 Å². The molecule has 0 bridgehead atoms. The van der Waals surface area contributed by atoms with Gasteiger partial charge in [-0.15, -0.1) is 0 Å². The topological polar surface area (TPSA) is 74.3 Å². The first-order valence-corrected chi connectivity index (χ1v) is 9.87. The van der Waals surface area contributed by atoms with Gasteiger partial charge in [0.05, 0.1) is 21.3 Å². The number of amides is 1. The first kappa shape index (κ1) is 23.8. The summed E-state index contributed by atoms with van der Waals surface area (Å²) in [6.45, 7) is 3.96. The van der Waals surface area contributed by atoms with Gasteiger partial charge in [0.1, 0.15) is 5.75 Å². The molecule has 0 aliphatic heterocycles. The Morgan fingerprint density at radius 3 is 2.13 bits per heavy atom. The van der Waals surface area contributed by atoms with E-state index in [0.717, 1.165) is 5.56 Å². The van der Waals surface area contributed by atoms with Gasteiger partial charge in [-0.05, 0) is 31.6 Å². The molecule has 2 rings (SSSR count). The van der Waals surface area contributed by atoms with Crippen molar-refractivity contribution in [3.8, 4) is 17.2 Å². The summed E-state index contributed by atoms with van der Waals surface area (Å²) in [5, 5.41) is 0. The Bertz CT molecular complexity index is 908. The molecule has 2 aromatic rings. The van der Waals surface area contributed by atoms with Crippen LogP contribution in [-0.4, -0.2) is 50.8 Å². The van der Waals surface area contributed by atoms with Crippen LogP contribution in [0.1, 0.15) is 25.0 Å². The highest BCUT2D eigenvalue weighted by molar-refractivity contribution is 5.90. The average molecular weight is 427 g/mol. The summed E-state index contributed by atoms with van der Waals surface area (Å²) < 4.78 is 21.0. The largest absolute Gasteiger partial charge is 0.496 e. The number of carbonyl (C=O) groups excluding carboxylic acids is 2. The lowest BCUT2D eigenvalue weighted by atomic mass is 10.1.